The molecule has 1 aromatic carbocycles. The van der Waals surface area contributed by atoms with Gasteiger partial charge in [-0.15, -0.1) is 11.3 Å². The largest absolute Gasteiger partial charge is 0.468 e. The maximum atomic E-state index is 12.7. The molecule has 11 heteroatoms. The van der Waals surface area contributed by atoms with Crippen LogP contribution in [0.4, 0.5) is 0 Å². The number of nitrogens with one attached hydrogen (secondary N) is 1. The molecule has 0 bridgehead atoms. The molecule has 0 radical (unpaired) electrons. The zero-order valence-electron chi connectivity index (χ0n) is 18.3. The van der Waals surface area contributed by atoms with Crippen LogP contribution >= 0.6 is 11.3 Å². The number of aryl methyl sites for hydroxylation is 1. The number of Topliss-reactive ketones (excluding diaryl/α,β-unsaturated/α-hetero) is 1. The maximum Gasteiger partial charge on any atom is 0.338 e. The molecule has 0 aliphatic carbocycles. The Hall–Kier alpha value is -3.54. The van der Waals surface area contributed by atoms with E-state index in [1.54, 1.807) is 24.4 Å². The van der Waals surface area contributed by atoms with Crippen LogP contribution in [0.25, 0.3) is 5.13 Å². The third-order valence-electron chi connectivity index (χ3n) is 5.09. The van der Waals surface area contributed by atoms with Gasteiger partial charge in [-0.3, -0.25) is 9.36 Å². The molecule has 34 heavy (non-hydrogen) atoms. The summed E-state index contributed by atoms with van der Waals surface area (Å²) in [7, 11) is -3.79. The van der Waals surface area contributed by atoms with E-state index in [0.717, 1.165) is 10.8 Å². The second kappa shape index (κ2) is 9.75. The minimum Gasteiger partial charge on any atom is -0.468 e. The molecule has 176 valence electrons. The Kier molecular flexibility index (Phi) is 6.77. The summed E-state index contributed by atoms with van der Waals surface area (Å²) in [6, 6.07) is 10.3. The van der Waals surface area contributed by atoms with Gasteiger partial charge in [0.25, 0.3) is 0 Å². The number of esters is 1. The fourth-order valence-corrected chi connectivity index (χ4v) is 5.14. The van der Waals surface area contributed by atoms with Gasteiger partial charge >= 0.3 is 5.97 Å². The van der Waals surface area contributed by atoms with Crippen molar-refractivity contribution in [3.8, 4) is 5.13 Å². The smallest absolute Gasteiger partial charge is 0.338 e. The molecule has 4 rings (SSSR count). The monoisotopic (exact) mass is 499 g/mol. The van der Waals surface area contributed by atoms with Crippen molar-refractivity contribution in [2.75, 3.05) is 6.61 Å². The molecule has 4 aromatic rings. The molecule has 0 amide bonds. The van der Waals surface area contributed by atoms with Crippen LogP contribution in [0.5, 0.6) is 0 Å². The Labute approximate surface area is 200 Å². The minimum absolute atomic E-state index is 0.00437. The van der Waals surface area contributed by atoms with Crippen LogP contribution in [0, 0.1) is 13.8 Å². The molecular weight excluding hydrogens is 478 g/mol. The molecule has 0 aliphatic heterocycles. The lowest BCUT2D eigenvalue weighted by molar-refractivity contribution is 0.0474. The summed E-state index contributed by atoms with van der Waals surface area (Å²) in [6.45, 7) is 3.25. The highest BCUT2D eigenvalue weighted by Crippen LogP contribution is 2.23. The summed E-state index contributed by atoms with van der Waals surface area (Å²) in [5.74, 6) is -0.596. The number of rotatable bonds is 9. The molecule has 3 aromatic heterocycles. The van der Waals surface area contributed by atoms with Gasteiger partial charge in [0.15, 0.2) is 11.7 Å². The van der Waals surface area contributed by atoms with Crippen LogP contribution in [0.1, 0.15) is 37.9 Å². The first-order chi connectivity index (χ1) is 16.3. The van der Waals surface area contributed by atoms with Crippen molar-refractivity contribution in [2.24, 2.45) is 0 Å². The van der Waals surface area contributed by atoms with Gasteiger partial charge in [-0.25, -0.2) is 22.9 Å². The first-order valence-electron chi connectivity index (χ1n) is 10.2. The minimum atomic E-state index is -3.79. The predicted octanol–water partition coefficient (Wildman–Crippen LogP) is 3.66. The fraction of sp³-hybridized carbons (Fsp3) is 0.174. The van der Waals surface area contributed by atoms with E-state index in [4.69, 9.17) is 9.15 Å². The lowest BCUT2D eigenvalue weighted by Gasteiger charge is -2.08. The average Bonchev–Trinajstić information content (AvgIpc) is 3.58. The van der Waals surface area contributed by atoms with E-state index in [9.17, 15) is 18.0 Å². The van der Waals surface area contributed by atoms with Crippen molar-refractivity contribution in [1.82, 2.24) is 14.3 Å². The Morgan fingerprint density at radius 3 is 2.59 bits per heavy atom. The number of benzene rings is 1. The molecule has 0 atom stereocenters. The standard InChI is InChI=1S/C23H21N3O6S2/c1-15-12-20(16(2)26(15)23-24-9-11-33-23)21(27)14-32-22(28)17-5-7-19(8-6-17)34(29,30)25-13-18-4-3-10-31-18/h3-12,25H,13-14H2,1-2H3. The van der Waals surface area contributed by atoms with Gasteiger partial charge in [-0.05, 0) is 56.3 Å². The molecule has 1 N–H and O–H groups in total. The maximum absolute atomic E-state index is 12.7. The molecule has 0 saturated heterocycles. The van der Waals surface area contributed by atoms with Crippen LogP contribution in [0.15, 0.2) is 69.6 Å². The van der Waals surface area contributed by atoms with E-state index < -0.39 is 22.6 Å². The van der Waals surface area contributed by atoms with Crippen molar-refractivity contribution < 1.29 is 27.2 Å². The van der Waals surface area contributed by atoms with Gasteiger partial charge in [0.05, 0.1) is 23.3 Å². The van der Waals surface area contributed by atoms with E-state index >= 15 is 0 Å². The van der Waals surface area contributed by atoms with Gasteiger partial charge in [0, 0.05) is 28.5 Å². The number of carbonyl (C=O) groups is 2. The van der Waals surface area contributed by atoms with E-state index in [0.29, 0.717) is 17.0 Å². The number of nitrogens with zero attached hydrogens (tertiary/aromatic N) is 2. The number of furan rings is 1. The Morgan fingerprint density at radius 1 is 1.18 bits per heavy atom. The summed E-state index contributed by atoms with van der Waals surface area (Å²) >= 11 is 1.45. The van der Waals surface area contributed by atoms with Crippen molar-refractivity contribution in [1.29, 1.82) is 0 Å². The van der Waals surface area contributed by atoms with E-state index in [1.165, 1.54) is 41.9 Å². The number of carbonyl (C=O) groups excluding carboxylic acids is 2. The van der Waals surface area contributed by atoms with Crippen molar-refractivity contribution in [3.05, 3.63) is 88.6 Å². The first kappa shape index (κ1) is 23.6. The number of thiazole rings is 1. The summed E-state index contributed by atoms with van der Waals surface area (Å²) in [5, 5.41) is 2.60. The molecule has 0 spiro atoms. The van der Waals surface area contributed by atoms with Crippen LogP contribution < -0.4 is 4.72 Å². The summed E-state index contributed by atoms with van der Waals surface area (Å²) < 4.78 is 39.4. The van der Waals surface area contributed by atoms with Crippen LogP contribution in [-0.4, -0.2) is 36.3 Å². The average molecular weight is 500 g/mol. The number of aromatic nitrogens is 2. The molecule has 0 fully saturated rings. The van der Waals surface area contributed by atoms with Crippen LogP contribution in [0.2, 0.25) is 0 Å². The highest BCUT2D eigenvalue weighted by atomic mass is 32.2. The molecule has 9 nitrogen and oxygen atoms in total. The molecular formula is C23H21N3O6S2. The number of ether oxygens (including phenoxy) is 1. The summed E-state index contributed by atoms with van der Waals surface area (Å²) in [4.78, 5) is 29.4. The predicted molar refractivity (Wildman–Crippen MR) is 125 cm³/mol. The lowest BCUT2D eigenvalue weighted by atomic mass is 10.1. The van der Waals surface area contributed by atoms with E-state index in [1.807, 2.05) is 23.8 Å². The van der Waals surface area contributed by atoms with Gasteiger partial charge in [0.1, 0.15) is 5.76 Å². The number of sulfonamides is 1. The van der Waals surface area contributed by atoms with Gasteiger partial charge in [-0.1, -0.05) is 0 Å². The molecule has 0 unspecified atom stereocenters. The van der Waals surface area contributed by atoms with Gasteiger partial charge < -0.3 is 9.15 Å². The number of ketones is 1. The molecule has 0 aliphatic rings. The third kappa shape index (κ3) is 5.01. The van der Waals surface area contributed by atoms with Crippen molar-refractivity contribution >= 4 is 33.1 Å². The second-order valence-corrected chi connectivity index (χ2v) is 10.0. The number of hydrogen-bond donors (Lipinski definition) is 1. The van der Waals surface area contributed by atoms with E-state index in [2.05, 4.69) is 9.71 Å². The summed E-state index contributed by atoms with van der Waals surface area (Å²) in [5.41, 5.74) is 2.14. The normalized spacial score (nSPS) is 11.5. The van der Waals surface area contributed by atoms with Gasteiger partial charge in [-0.2, -0.15) is 0 Å². The van der Waals surface area contributed by atoms with Crippen LogP contribution in [-0.2, 0) is 21.3 Å². The Bertz CT molecular complexity index is 1400. The number of hydrogen-bond acceptors (Lipinski definition) is 8. The highest BCUT2D eigenvalue weighted by molar-refractivity contribution is 7.89. The second-order valence-electron chi connectivity index (χ2n) is 7.36. The molecule has 0 saturated carbocycles. The van der Waals surface area contributed by atoms with Crippen molar-refractivity contribution in [2.45, 2.75) is 25.3 Å². The summed E-state index contributed by atoms with van der Waals surface area (Å²) in [6.07, 6.45) is 3.14. The van der Waals surface area contributed by atoms with Crippen LogP contribution in [0.3, 0.4) is 0 Å². The van der Waals surface area contributed by atoms with E-state index in [-0.39, 0.29) is 22.8 Å². The quantitative estimate of drug-likeness (QED) is 0.276. The zero-order chi connectivity index (χ0) is 24.3. The van der Waals surface area contributed by atoms with Crippen molar-refractivity contribution in [3.63, 3.8) is 0 Å². The first-order valence-corrected chi connectivity index (χ1v) is 12.5. The Balaban J connectivity index is 1.38. The Morgan fingerprint density at radius 2 is 1.94 bits per heavy atom. The topological polar surface area (TPSA) is 121 Å². The van der Waals surface area contributed by atoms with Gasteiger partial charge in [0.2, 0.25) is 15.8 Å². The third-order valence-corrected chi connectivity index (χ3v) is 7.27. The zero-order valence-corrected chi connectivity index (χ0v) is 20.0. The lowest BCUT2D eigenvalue weighted by Crippen LogP contribution is -2.23. The molecule has 3 heterocycles. The fourth-order valence-electron chi connectivity index (χ4n) is 3.39. The highest BCUT2D eigenvalue weighted by Gasteiger charge is 2.20. The SMILES string of the molecule is Cc1cc(C(=O)COC(=O)c2ccc(S(=O)(=O)NCc3ccco3)cc2)c(C)n1-c1nccs1.